The molecule has 0 bridgehead atoms. The number of urea groups is 1. The Labute approximate surface area is 124 Å². The van der Waals surface area contributed by atoms with Gasteiger partial charge in [0.25, 0.3) is 0 Å². The maximum Gasteiger partial charge on any atom is 0.330 e. The van der Waals surface area contributed by atoms with Crippen molar-refractivity contribution in [2.75, 3.05) is 32.7 Å². The van der Waals surface area contributed by atoms with Crippen LogP contribution in [0.1, 0.15) is 18.5 Å². The SMILES string of the molecule is CCN1CCN(C(=O)N[C@@H](C(=O)O)c2ccccc2)CC1. The molecule has 1 fully saturated rings. The van der Waals surface area contributed by atoms with Crippen LogP contribution in [0.15, 0.2) is 30.3 Å². The molecule has 6 nitrogen and oxygen atoms in total. The van der Waals surface area contributed by atoms with Crippen LogP contribution in [0.4, 0.5) is 4.79 Å². The number of nitrogens with one attached hydrogen (secondary N) is 1. The maximum absolute atomic E-state index is 12.2. The fourth-order valence-electron chi connectivity index (χ4n) is 2.42. The van der Waals surface area contributed by atoms with Crippen LogP contribution >= 0.6 is 0 Å². The van der Waals surface area contributed by atoms with E-state index in [4.69, 9.17) is 0 Å². The molecule has 1 atom stereocenters. The molecule has 0 aromatic heterocycles. The molecular formula is C15H21N3O3. The van der Waals surface area contributed by atoms with Gasteiger partial charge in [-0.2, -0.15) is 0 Å². The number of benzene rings is 1. The first-order chi connectivity index (χ1) is 10.1. The van der Waals surface area contributed by atoms with E-state index in [9.17, 15) is 14.7 Å². The van der Waals surface area contributed by atoms with Gasteiger partial charge in [-0.3, -0.25) is 0 Å². The van der Waals surface area contributed by atoms with Gasteiger partial charge in [-0.15, -0.1) is 0 Å². The summed E-state index contributed by atoms with van der Waals surface area (Å²) in [5.41, 5.74) is 0.575. The van der Waals surface area contributed by atoms with Gasteiger partial charge in [0.05, 0.1) is 0 Å². The van der Waals surface area contributed by atoms with Crippen LogP contribution in [0, 0.1) is 0 Å². The summed E-state index contributed by atoms with van der Waals surface area (Å²) < 4.78 is 0. The number of nitrogens with zero attached hydrogens (tertiary/aromatic N) is 2. The van der Waals surface area contributed by atoms with Crippen molar-refractivity contribution in [3.05, 3.63) is 35.9 Å². The van der Waals surface area contributed by atoms with Crippen LogP contribution in [-0.2, 0) is 4.79 Å². The Kier molecular flexibility index (Phi) is 5.16. The summed E-state index contributed by atoms with van der Waals surface area (Å²) in [5.74, 6) is -1.05. The monoisotopic (exact) mass is 291 g/mol. The molecule has 1 aliphatic rings. The van der Waals surface area contributed by atoms with Crippen molar-refractivity contribution in [2.24, 2.45) is 0 Å². The summed E-state index contributed by atoms with van der Waals surface area (Å²) in [6.45, 7) is 5.96. The van der Waals surface area contributed by atoms with Crippen molar-refractivity contribution in [3.8, 4) is 0 Å². The lowest BCUT2D eigenvalue weighted by atomic mass is 10.1. The molecule has 2 N–H and O–H groups in total. The lowest BCUT2D eigenvalue weighted by Gasteiger charge is -2.34. The highest BCUT2D eigenvalue weighted by Gasteiger charge is 2.26. The van der Waals surface area contributed by atoms with Crippen molar-refractivity contribution >= 4 is 12.0 Å². The molecule has 0 aliphatic carbocycles. The molecule has 1 aromatic rings. The van der Waals surface area contributed by atoms with E-state index in [-0.39, 0.29) is 6.03 Å². The Balaban J connectivity index is 1.98. The average molecular weight is 291 g/mol. The fraction of sp³-hybridized carbons (Fsp3) is 0.467. The number of hydrogen-bond acceptors (Lipinski definition) is 3. The normalized spacial score (nSPS) is 17.3. The summed E-state index contributed by atoms with van der Waals surface area (Å²) in [6.07, 6.45) is 0. The number of carbonyl (C=O) groups excluding carboxylic acids is 1. The molecule has 1 saturated heterocycles. The Morgan fingerprint density at radius 2 is 1.81 bits per heavy atom. The maximum atomic E-state index is 12.2. The van der Waals surface area contributed by atoms with Gasteiger partial charge in [0.2, 0.25) is 0 Å². The highest BCUT2D eigenvalue weighted by molar-refractivity contribution is 5.83. The highest BCUT2D eigenvalue weighted by Crippen LogP contribution is 2.13. The van der Waals surface area contributed by atoms with Crippen LogP contribution in [0.5, 0.6) is 0 Å². The van der Waals surface area contributed by atoms with Gasteiger partial charge in [0.15, 0.2) is 6.04 Å². The summed E-state index contributed by atoms with van der Waals surface area (Å²) >= 11 is 0. The number of piperazine rings is 1. The molecule has 1 aromatic carbocycles. The third-order valence-corrected chi connectivity index (χ3v) is 3.75. The first-order valence-corrected chi connectivity index (χ1v) is 7.17. The number of hydrogen-bond donors (Lipinski definition) is 2. The molecule has 114 valence electrons. The lowest BCUT2D eigenvalue weighted by molar-refractivity contribution is -0.139. The molecular weight excluding hydrogens is 270 g/mol. The molecule has 0 radical (unpaired) electrons. The third-order valence-electron chi connectivity index (χ3n) is 3.75. The number of carbonyl (C=O) groups is 2. The second kappa shape index (κ2) is 7.08. The van der Waals surface area contributed by atoms with Crippen molar-refractivity contribution in [2.45, 2.75) is 13.0 Å². The first kappa shape index (κ1) is 15.3. The number of aliphatic carboxylic acids is 1. The van der Waals surface area contributed by atoms with Crippen LogP contribution in [0.25, 0.3) is 0 Å². The largest absolute Gasteiger partial charge is 0.479 e. The fourth-order valence-corrected chi connectivity index (χ4v) is 2.42. The van der Waals surface area contributed by atoms with Crippen molar-refractivity contribution < 1.29 is 14.7 Å². The van der Waals surface area contributed by atoms with E-state index in [1.165, 1.54) is 0 Å². The Hall–Kier alpha value is -2.08. The van der Waals surface area contributed by atoms with E-state index in [0.717, 1.165) is 19.6 Å². The Morgan fingerprint density at radius 1 is 1.19 bits per heavy atom. The second-order valence-electron chi connectivity index (χ2n) is 5.05. The molecule has 1 heterocycles. The van der Waals surface area contributed by atoms with E-state index in [2.05, 4.69) is 17.1 Å². The van der Waals surface area contributed by atoms with Gasteiger partial charge in [0, 0.05) is 26.2 Å². The predicted molar refractivity (Wildman–Crippen MR) is 79.0 cm³/mol. The van der Waals surface area contributed by atoms with E-state index >= 15 is 0 Å². The molecule has 21 heavy (non-hydrogen) atoms. The average Bonchev–Trinajstić information content (AvgIpc) is 2.53. The highest BCUT2D eigenvalue weighted by atomic mass is 16.4. The Bertz CT molecular complexity index is 484. The van der Waals surface area contributed by atoms with E-state index in [0.29, 0.717) is 18.7 Å². The van der Waals surface area contributed by atoms with Crippen LogP contribution in [0.3, 0.4) is 0 Å². The van der Waals surface area contributed by atoms with Gasteiger partial charge in [0.1, 0.15) is 0 Å². The van der Waals surface area contributed by atoms with Crippen molar-refractivity contribution in [3.63, 3.8) is 0 Å². The van der Waals surface area contributed by atoms with Gasteiger partial charge < -0.3 is 20.2 Å². The van der Waals surface area contributed by atoms with Crippen LogP contribution < -0.4 is 5.32 Å². The van der Waals surface area contributed by atoms with Gasteiger partial charge >= 0.3 is 12.0 Å². The van der Waals surface area contributed by atoms with Crippen LogP contribution in [-0.4, -0.2) is 59.6 Å². The molecule has 0 unspecified atom stereocenters. The standard InChI is InChI=1S/C15H21N3O3/c1-2-17-8-10-18(11-9-17)15(21)16-13(14(19)20)12-6-4-3-5-7-12/h3-7,13H,2,8-11H2,1H3,(H,16,21)(H,19,20)/t13-/m1/s1. The molecule has 0 spiro atoms. The van der Waals surface area contributed by atoms with E-state index in [1.807, 2.05) is 6.07 Å². The summed E-state index contributed by atoms with van der Waals surface area (Å²) in [5, 5.41) is 11.9. The molecule has 6 heteroatoms. The molecule has 0 saturated carbocycles. The topological polar surface area (TPSA) is 72.9 Å². The molecule has 2 rings (SSSR count). The predicted octanol–water partition coefficient (Wildman–Crippen LogP) is 1.16. The number of rotatable bonds is 4. The molecule has 2 amide bonds. The zero-order chi connectivity index (χ0) is 15.2. The number of carboxylic acid groups (broad SMARTS) is 1. The number of carboxylic acids is 1. The zero-order valence-electron chi connectivity index (χ0n) is 12.2. The molecule has 1 aliphatic heterocycles. The number of likely N-dealkylation sites (N-methyl/N-ethyl adjacent to an activating group) is 1. The Morgan fingerprint density at radius 3 is 2.33 bits per heavy atom. The van der Waals surface area contributed by atoms with E-state index < -0.39 is 12.0 Å². The van der Waals surface area contributed by atoms with Gasteiger partial charge in [-0.25, -0.2) is 9.59 Å². The minimum atomic E-state index is -1.05. The quantitative estimate of drug-likeness (QED) is 0.873. The first-order valence-electron chi connectivity index (χ1n) is 7.17. The van der Waals surface area contributed by atoms with Gasteiger partial charge in [-0.1, -0.05) is 37.3 Å². The third kappa shape index (κ3) is 3.95. The van der Waals surface area contributed by atoms with E-state index in [1.54, 1.807) is 29.2 Å². The minimum absolute atomic E-state index is 0.318. The number of amides is 2. The summed E-state index contributed by atoms with van der Waals surface area (Å²) in [6, 6.07) is 7.41. The van der Waals surface area contributed by atoms with Crippen molar-refractivity contribution in [1.82, 2.24) is 15.1 Å². The van der Waals surface area contributed by atoms with Crippen LogP contribution in [0.2, 0.25) is 0 Å². The summed E-state index contributed by atoms with van der Waals surface area (Å²) in [7, 11) is 0. The smallest absolute Gasteiger partial charge is 0.330 e. The van der Waals surface area contributed by atoms with Crippen molar-refractivity contribution in [1.29, 1.82) is 0 Å². The second-order valence-corrected chi connectivity index (χ2v) is 5.05. The zero-order valence-corrected chi connectivity index (χ0v) is 12.2. The summed E-state index contributed by atoms with van der Waals surface area (Å²) in [4.78, 5) is 27.5. The minimum Gasteiger partial charge on any atom is -0.479 e. The lowest BCUT2D eigenvalue weighted by Crippen LogP contribution is -2.52. The van der Waals surface area contributed by atoms with Gasteiger partial charge in [-0.05, 0) is 12.1 Å².